The van der Waals surface area contributed by atoms with E-state index < -0.39 is 11.9 Å². The molecule has 0 aromatic rings. The van der Waals surface area contributed by atoms with Gasteiger partial charge in [-0.1, -0.05) is 13.8 Å². The van der Waals surface area contributed by atoms with Gasteiger partial charge in [-0.15, -0.1) is 0 Å². The molecule has 1 rings (SSSR count). The molecule has 1 saturated carbocycles. The molecule has 1 aliphatic carbocycles. The van der Waals surface area contributed by atoms with Gasteiger partial charge in [0, 0.05) is 11.8 Å². The Morgan fingerprint density at radius 3 is 2.50 bits per heavy atom. The molecule has 0 bridgehead atoms. The van der Waals surface area contributed by atoms with Crippen molar-refractivity contribution in [1.29, 1.82) is 0 Å². The maximum absolute atomic E-state index is 12.2. The average molecular weight is 273 g/mol. The van der Waals surface area contributed by atoms with Crippen molar-refractivity contribution in [3.05, 3.63) is 0 Å². The standard InChI is InChI=1S/C13H23NO3S/c1-4-9(7-18-3)14-12(15)10-5-8(2)6-11(10)13(16)17/h8-11H,4-7H2,1-3H3,(H,14,15)(H,16,17)/t8?,9?,10-,11+/m0/s1. The van der Waals surface area contributed by atoms with Crippen LogP contribution in [0.4, 0.5) is 0 Å². The van der Waals surface area contributed by atoms with Crippen LogP contribution in [-0.2, 0) is 9.59 Å². The number of carboxylic acids is 1. The number of nitrogens with one attached hydrogen (secondary N) is 1. The Kier molecular flexibility index (Phi) is 5.99. The van der Waals surface area contributed by atoms with Gasteiger partial charge in [0.15, 0.2) is 0 Å². The van der Waals surface area contributed by atoms with Gasteiger partial charge in [-0.2, -0.15) is 11.8 Å². The largest absolute Gasteiger partial charge is 0.481 e. The van der Waals surface area contributed by atoms with Gasteiger partial charge in [-0.3, -0.25) is 9.59 Å². The molecule has 2 unspecified atom stereocenters. The predicted octanol–water partition coefficient (Wildman–Crippen LogP) is 1.99. The molecule has 1 aliphatic rings. The third kappa shape index (κ3) is 3.90. The highest BCUT2D eigenvalue weighted by Crippen LogP contribution is 2.36. The van der Waals surface area contributed by atoms with Crippen LogP contribution in [0.3, 0.4) is 0 Å². The van der Waals surface area contributed by atoms with E-state index in [9.17, 15) is 9.59 Å². The van der Waals surface area contributed by atoms with E-state index in [4.69, 9.17) is 5.11 Å². The van der Waals surface area contributed by atoms with Gasteiger partial charge in [0.2, 0.25) is 5.91 Å². The summed E-state index contributed by atoms with van der Waals surface area (Å²) in [4.78, 5) is 23.3. The molecule has 5 heteroatoms. The maximum atomic E-state index is 12.2. The molecule has 0 spiro atoms. The first kappa shape index (κ1) is 15.3. The number of amides is 1. The van der Waals surface area contributed by atoms with Crippen molar-refractivity contribution in [2.45, 2.75) is 39.2 Å². The molecule has 4 atom stereocenters. The average Bonchev–Trinajstić information content (AvgIpc) is 2.71. The molecule has 4 nitrogen and oxygen atoms in total. The van der Waals surface area contributed by atoms with E-state index in [1.54, 1.807) is 11.8 Å². The molecule has 0 radical (unpaired) electrons. The number of aliphatic carboxylic acids is 1. The molecular weight excluding hydrogens is 250 g/mol. The van der Waals surface area contributed by atoms with Crippen molar-refractivity contribution in [2.75, 3.05) is 12.0 Å². The van der Waals surface area contributed by atoms with Gasteiger partial charge in [0.1, 0.15) is 0 Å². The molecule has 0 saturated heterocycles. The van der Waals surface area contributed by atoms with Crippen LogP contribution in [0.5, 0.6) is 0 Å². The monoisotopic (exact) mass is 273 g/mol. The number of hydrogen-bond donors (Lipinski definition) is 2. The lowest BCUT2D eigenvalue weighted by Gasteiger charge is -2.21. The van der Waals surface area contributed by atoms with Gasteiger partial charge in [-0.25, -0.2) is 0 Å². The summed E-state index contributed by atoms with van der Waals surface area (Å²) >= 11 is 1.70. The van der Waals surface area contributed by atoms with E-state index in [0.717, 1.165) is 12.2 Å². The normalized spacial score (nSPS) is 28.9. The minimum Gasteiger partial charge on any atom is -0.481 e. The third-order valence-corrected chi connectivity index (χ3v) is 4.40. The molecule has 0 aromatic heterocycles. The zero-order chi connectivity index (χ0) is 13.7. The highest BCUT2D eigenvalue weighted by molar-refractivity contribution is 7.98. The molecule has 2 N–H and O–H groups in total. The van der Waals surface area contributed by atoms with Gasteiger partial charge in [0.05, 0.1) is 11.8 Å². The quantitative estimate of drug-likeness (QED) is 0.776. The maximum Gasteiger partial charge on any atom is 0.307 e. The van der Waals surface area contributed by atoms with Crippen molar-refractivity contribution in [2.24, 2.45) is 17.8 Å². The lowest BCUT2D eigenvalue weighted by molar-refractivity contribution is -0.146. The van der Waals surface area contributed by atoms with E-state index in [0.29, 0.717) is 18.8 Å². The van der Waals surface area contributed by atoms with Gasteiger partial charge < -0.3 is 10.4 Å². The second kappa shape index (κ2) is 7.02. The molecule has 1 fully saturated rings. The van der Waals surface area contributed by atoms with E-state index >= 15 is 0 Å². The minimum absolute atomic E-state index is 0.0762. The Balaban J connectivity index is 2.61. The van der Waals surface area contributed by atoms with Crippen LogP contribution >= 0.6 is 11.8 Å². The van der Waals surface area contributed by atoms with Crippen molar-refractivity contribution < 1.29 is 14.7 Å². The smallest absolute Gasteiger partial charge is 0.307 e. The zero-order valence-corrected chi connectivity index (χ0v) is 12.1. The molecule has 18 heavy (non-hydrogen) atoms. The summed E-state index contributed by atoms with van der Waals surface area (Å²) in [5, 5.41) is 12.2. The van der Waals surface area contributed by atoms with Crippen molar-refractivity contribution >= 4 is 23.6 Å². The lowest BCUT2D eigenvalue weighted by atomic mass is 9.95. The van der Waals surface area contributed by atoms with Crippen LogP contribution in [-0.4, -0.2) is 35.0 Å². The zero-order valence-electron chi connectivity index (χ0n) is 11.3. The molecule has 0 aliphatic heterocycles. The molecule has 0 aromatic carbocycles. The first-order valence-corrected chi connectivity index (χ1v) is 7.91. The van der Waals surface area contributed by atoms with Crippen LogP contribution in [0.2, 0.25) is 0 Å². The highest BCUT2D eigenvalue weighted by Gasteiger charge is 2.41. The second-order valence-corrected chi connectivity index (χ2v) is 6.11. The molecule has 104 valence electrons. The Bertz CT molecular complexity index is 309. The van der Waals surface area contributed by atoms with E-state index in [2.05, 4.69) is 5.32 Å². The Hall–Kier alpha value is -0.710. The summed E-state index contributed by atoms with van der Waals surface area (Å²) in [7, 11) is 0. The Morgan fingerprint density at radius 1 is 1.39 bits per heavy atom. The summed E-state index contributed by atoms with van der Waals surface area (Å²) in [6, 6.07) is 0.151. The van der Waals surface area contributed by atoms with Crippen molar-refractivity contribution in [1.82, 2.24) is 5.32 Å². The third-order valence-electron chi connectivity index (χ3n) is 3.66. The van der Waals surface area contributed by atoms with Crippen LogP contribution < -0.4 is 5.32 Å². The number of thioether (sulfide) groups is 1. The fraction of sp³-hybridized carbons (Fsp3) is 0.846. The van der Waals surface area contributed by atoms with Crippen molar-refractivity contribution in [3.8, 4) is 0 Å². The number of carbonyl (C=O) groups is 2. The Labute approximate surface area is 113 Å². The summed E-state index contributed by atoms with van der Waals surface area (Å²) in [5.74, 6) is -0.574. The summed E-state index contributed by atoms with van der Waals surface area (Å²) in [6.45, 7) is 4.05. The lowest BCUT2D eigenvalue weighted by Crippen LogP contribution is -2.42. The number of carbonyl (C=O) groups excluding carboxylic acids is 1. The number of rotatable bonds is 6. The van der Waals surface area contributed by atoms with Gasteiger partial charge in [0.25, 0.3) is 0 Å². The van der Waals surface area contributed by atoms with Crippen LogP contribution in [0.15, 0.2) is 0 Å². The molecule has 0 heterocycles. The SMILES string of the molecule is CCC(CSC)NC(=O)[C@H]1CC(C)C[C@H]1C(=O)O. The summed E-state index contributed by atoms with van der Waals surface area (Å²) < 4.78 is 0. The van der Waals surface area contributed by atoms with E-state index in [-0.39, 0.29) is 17.9 Å². The van der Waals surface area contributed by atoms with Crippen LogP contribution in [0.1, 0.15) is 33.1 Å². The summed E-state index contributed by atoms with van der Waals surface area (Å²) in [5.41, 5.74) is 0. The number of hydrogen-bond acceptors (Lipinski definition) is 3. The Morgan fingerprint density at radius 2 is 2.00 bits per heavy atom. The fourth-order valence-electron chi connectivity index (χ4n) is 2.63. The molecular formula is C13H23NO3S. The molecule has 1 amide bonds. The van der Waals surface area contributed by atoms with Gasteiger partial charge >= 0.3 is 5.97 Å². The first-order valence-electron chi connectivity index (χ1n) is 6.51. The van der Waals surface area contributed by atoms with Gasteiger partial charge in [-0.05, 0) is 31.4 Å². The van der Waals surface area contributed by atoms with Crippen LogP contribution in [0.25, 0.3) is 0 Å². The van der Waals surface area contributed by atoms with Crippen LogP contribution in [0, 0.1) is 17.8 Å². The van der Waals surface area contributed by atoms with E-state index in [1.807, 2.05) is 20.1 Å². The fourth-order valence-corrected chi connectivity index (χ4v) is 3.35. The minimum atomic E-state index is -0.836. The predicted molar refractivity (Wildman–Crippen MR) is 73.6 cm³/mol. The van der Waals surface area contributed by atoms with E-state index in [1.165, 1.54) is 0 Å². The summed E-state index contributed by atoms with van der Waals surface area (Å²) in [6.07, 6.45) is 4.20. The first-order chi connectivity index (χ1) is 8.49. The topological polar surface area (TPSA) is 66.4 Å². The number of carboxylic acid groups (broad SMARTS) is 1. The van der Waals surface area contributed by atoms with Crippen molar-refractivity contribution in [3.63, 3.8) is 0 Å². The highest BCUT2D eigenvalue weighted by atomic mass is 32.2. The second-order valence-electron chi connectivity index (χ2n) is 5.20.